The van der Waals surface area contributed by atoms with Crippen molar-refractivity contribution >= 4 is 17.0 Å². The number of fused-ring (bicyclic) bond motifs is 1. The Kier molecular flexibility index (Phi) is 6.18. The largest absolute Gasteiger partial charge is 0.378 e. The number of hydrogen-bond acceptors (Lipinski definition) is 5. The van der Waals surface area contributed by atoms with E-state index in [9.17, 15) is 13.9 Å². The Morgan fingerprint density at radius 1 is 1.03 bits per heavy atom. The Balaban J connectivity index is 1.55. The van der Waals surface area contributed by atoms with Crippen molar-refractivity contribution in [2.24, 2.45) is 7.05 Å². The average Bonchev–Trinajstić information content (AvgIpc) is 3.42. The van der Waals surface area contributed by atoms with Gasteiger partial charge in [-0.2, -0.15) is 0 Å². The van der Waals surface area contributed by atoms with Gasteiger partial charge in [0, 0.05) is 25.2 Å². The standard InChI is InChI=1S/C27H25F2N5O/c1-34-25(19-15-20(28)17-21(29)16-19)33-23-24(30-14-10-18-7-3-2-4-8-18)31-22(32-26(23)34)9-13-27(35)11-5-6-12-27/h2-4,7-8,15-17,35H,5-6,10-12,14H2,1H3,(H,30,31,32). The maximum Gasteiger partial charge on any atom is 0.209 e. The van der Waals surface area contributed by atoms with E-state index in [-0.39, 0.29) is 5.82 Å². The minimum atomic E-state index is -1.02. The van der Waals surface area contributed by atoms with E-state index in [0.717, 1.165) is 25.3 Å². The molecule has 0 radical (unpaired) electrons. The fraction of sp³-hybridized carbons (Fsp3) is 0.296. The normalized spacial score (nSPS) is 14.6. The lowest BCUT2D eigenvalue weighted by atomic mass is 10.0. The van der Waals surface area contributed by atoms with Gasteiger partial charge in [0.1, 0.15) is 23.1 Å². The zero-order chi connectivity index (χ0) is 24.4. The van der Waals surface area contributed by atoms with Crippen LogP contribution in [0.25, 0.3) is 22.6 Å². The summed E-state index contributed by atoms with van der Waals surface area (Å²) in [6, 6.07) is 13.3. The van der Waals surface area contributed by atoms with E-state index in [4.69, 9.17) is 0 Å². The molecule has 0 bridgehead atoms. The highest BCUT2D eigenvalue weighted by atomic mass is 19.1. The minimum Gasteiger partial charge on any atom is -0.378 e. The molecule has 5 rings (SSSR count). The number of halogens is 2. The van der Waals surface area contributed by atoms with Crippen molar-refractivity contribution in [2.75, 3.05) is 11.9 Å². The SMILES string of the molecule is Cn1c(-c2cc(F)cc(F)c2)nc2c(NCCc3ccccc3)nc(C#CC3(O)CCCC3)nc21. The number of rotatable bonds is 5. The first-order chi connectivity index (χ1) is 16.9. The van der Waals surface area contributed by atoms with Crippen molar-refractivity contribution in [1.29, 1.82) is 0 Å². The van der Waals surface area contributed by atoms with Gasteiger partial charge in [0.15, 0.2) is 17.0 Å². The van der Waals surface area contributed by atoms with Crippen LogP contribution >= 0.6 is 0 Å². The molecule has 0 spiro atoms. The maximum atomic E-state index is 13.9. The second-order valence-corrected chi connectivity index (χ2v) is 8.87. The summed E-state index contributed by atoms with van der Waals surface area (Å²) in [5.41, 5.74) is 1.41. The summed E-state index contributed by atoms with van der Waals surface area (Å²) in [5.74, 6) is 5.60. The third kappa shape index (κ3) is 5.00. The molecule has 2 heterocycles. The number of anilines is 1. The molecule has 1 aliphatic carbocycles. The predicted molar refractivity (Wildman–Crippen MR) is 131 cm³/mol. The number of nitrogens with one attached hydrogen (secondary N) is 1. The Morgan fingerprint density at radius 2 is 1.74 bits per heavy atom. The molecule has 0 amide bonds. The van der Waals surface area contributed by atoms with E-state index in [2.05, 4.69) is 32.1 Å². The van der Waals surface area contributed by atoms with Gasteiger partial charge in [0.2, 0.25) is 5.82 Å². The topological polar surface area (TPSA) is 75.9 Å². The zero-order valence-electron chi connectivity index (χ0n) is 19.4. The highest BCUT2D eigenvalue weighted by Crippen LogP contribution is 2.30. The van der Waals surface area contributed by atoms with Crippen molar-refractivity contribution in [3.63, 3.8) is 0 Å². The number of aliphatic hydroxyl groups is 1. The lowest BCUT2D eigenvalue weighted by Crippen LogP contribution is -2.21. The highest BCUT2D eigenvalue weighted by molar-refractivity contribution is 5.87. The van der Waals surface area contributed by atoms with Gasteiger partial charge in [-0.15, -0.1) is 0 Å². The lowest BCUT2D eigenvalue weighted by Gasteiger charge is -2.12. The monoisotopic (exact) mass is 473 g/mol. The van der Waals surface area contributed by atoms with E-state index < -0.39 is 17.2 Å². The number of nitrogens with zero attached hydrogens (tertiary/aromatic N) is 4. The Morgan fingerprint density at radius 3 is 2.46 bits per heavy atom. The van der Waals surface area contributed by atoms with Crippen LogP contribution in [0.5, 0.6) is 0 Å². The molecular weight excluding hydrogens is 448 g/mol. The van der Waals surface area contributed by atoms with Crippen LogP contribution in [0.1, 0.15) is 37.1 Å². The van der Waals surface area contributed by atoms with Crippen molar-refractivity contribution in [1.82, 2.24) is 19.5 Å². The molecule has 8 heteroatoms. The summed E-state index contributed by atoms with van der Waals surface area (Å²) in [7, 11) is 1.73. The van der Waals surface area contributed by atoms with Gasteiger partial charge in [0.25, 0.3) is 0 Å². The zero-order valence-corrected chi connectivity index (χ0v) is 19.4. The van der Waals surface area contributed by atoms with Crippen LogP contribution in [0.3, 0.4) is 0 Å². The van der Waals surface area contributed by atoms with E-state index in [1.807, 2.05) is 30.3 Å². The number of aromatic nitrogens is 4. The van der Waals surface area contributed by atoms with Crippen LogP contribution in [0.4, 0.5) is 14.6 Å². The van der Waals surface area contributed by atoms with Crippen LogP contribution in [0.2, 0.25) is 0 Å². The van der Waals surface area contributed by atoms with Crippen molar-refractivity contribution in [3.05, 3.63) is 71.6 Å². The van der Waals surface area contributed by atoms with Crippen LogP contribution in [-0.4, -0.2) is 36.8 Å². The molecule has 0 aliphatic heterocycles. The summed E-state index contributed by atoms with van der Waals surface area (Å²) in [5, 5.41) is 14.0. The Labute approximate surface area is 202 Å². The molecule has 1 saturated carbocycles. The van der Waals surface area contributed by atoms with Crippen molar-refractivity contribution < 1.29 is 13.9 Å². The van der Waals surface area contributed by atoms with Crippen molar-refractivity contribution in [3.8, 4) is 23.2 Å². The summed E-state index contributed by atoms with van der Waals surface area (Å²) in [4.78, 5) is 13.8. The Hall–Kier alpha value is -3.83. The molecule has 4 aromatic rings. The van der Waals surface area contributed by atoms with Crippen LogP contribution in [-0.2, 0) is 13.5 Å². The van der Waals surface area contributed by atoms with E-state index >= 15 is 0 Å². The fourth-order valence-corrected chi connectivity index (χ4v) is 4.41. The van der Waals surface area contributed by atoms with Crippen molar-refractivity contribution in [2.45, 2.75) is 37.7 Å². The van der Waals surface area contributed by atoms with E-state index in [0.29, 0.717) is 47.8 Å². The van der Waals surface area contributed by atoms with E-state index in [1.54, 1.807) is 11.6 Å². The molecule has 0 unspecified atom stereocenters. The molecule has 1 fully saturated rings. The number of imidazole rings is 1. The molecule has 2 N–H and O–H groups in total. The van der Waals surface area contributed by atoms with E-state index in [1.165, 1.54) is 17.7 Å². The molecule has 178 valence electrons. The summed E-state index contributed by atoms with van der Waals surface area (Å²) >= 11 is 0. The molecule has 0 atom stereocenters. The second-order valence-electron chi connectivity index (χ2n) is 8.87. The third-order valence-corrected chi connectivity index (χ3v) is 6.23. The molecule has 6 nitrogen and oxygen atoms in total. The molecule has 2 aromatic heterocycles. The fourth-order valence-electron chi connectivity index (χ4n) is 4.41. The maximum absolute atomic E-state index is 13.9. The minimum absolute atomic E-state index is 0.250. The number of aryl methyl sites for hydroxylation is 1. The first-order valence-electron chi connectivity index (χ1n) is 11.6. The summed E-state index contributed by atoms with van der Waals surface area (Å²) in [6.07, 6.45) is 3.90. The third-order valence-electron chi connectivity index (χ3n) is 6.23. The molecule has 2 aromatic carbocycles. The first-order valence-corrected chi connectivity index (χ1v) is 11.6. The predicted octanol–water partition coefficient (Wildman–Crippen LogP) is 4.62. The summed E-state index contributed by atoms with van der Waals surface area (Å²) < 4.78 is 29.5. The van der Waals surface area contributed by atoms with Gasteiger partial charge in [-0.1, -0.05) is 36.3 Å². The number of hydrogen-bond donors (Lipinski definition) is 2. The van der Waals surface area contributed by atoms with Gasteiger partial charge in [-0.05, 0) is 55.7 Å². The van der Waals surface area contributed by atoms with Gasteiger partial charge in [-0.25, -0.2) is 23.7 Å². The average molecular weight is 474 g/mol. The molecular formula is C27H25F2N5O. The van der Waals surface area contributed by atoms with Gasteiger partial charge in [0.05, 0.1) is 0 Å². The first kappa shape index (κ1) is 22.9. The van der Waals surface area contributed by atoms with Gasteiger partial charge in [-0.3, -0.25) is 0 Å². The highest BCUT2D eigenvalue weighted by Gasteiger charge is 2.28. The second kappa shape index (κ2) is 9.43. The van der Waals surface area contributed by atoms with Gasteiger partial charge < -0.3 is 15.0 Å². The van der Waals surface area contributed by atoms with Crippen LogP contribution in [0, 0.1) is 23.5 Å². The van der Waals surface area contributed by atoms with Crippen LogP contribution < -0.4 is 5.32 Å². The lowest BCUT2D eigenvalue weighted by molar-refractivity contribution is 0.110. The quantitative estimate of drug-likeness (QED) is 0.414. The molecule has 1 aliphatic rings. The number of benzene rings is 2. The molecule has 0 saturated heterocycles. The van der Waals surface area contributed by atoms with Gasteiger partial charge >= 0.3 is 0 Å². The van der Waals surface area contributed by atoms with Crippen LogP contribution in [0.15, 0.2) is 48.5 Å². The Bertz CT molecular complexity index is 1410. The smallest absolute Gasteiger partial charge is 0.209 e. The summed E-state index contributed by atoms with van der Waals surface area (Å²) in [6.45, 7) is 0.591. The molecule has 35 heavy (non-hydrogen) atoms.